The van der Waals surface area contributed by atoms with Gasteiger partial charge in [-0.3, -0.25) is 0 Å². The smallest absolute Gasteiger partial charge is 0.416 e. The molecule has 0 saturated carbocycles. The number of piperidine rings is 1. The van der Waals surface area contributed by atoms with E-state index in [1.54, 1.807) is 0 Å². The van der Waals surface area contributed by atoms with Gasteiger partial charge in [0, 0.05) is 12.5 Å². The fraction of sp³-hybridized carbons (Fsp3) is 0.538. The van der Waals surface area contributed by atoms with Crippen LogP contribution in [0.1, 0.15) is 18.4 Å². The maximum absolute atomic E-state index is 12.6. The minimum atomic E-state index is -4.38. The van der Waals surface area contributed by atoms with Crippen molar-refractivity contribution in [3.05, 3.63) is 28.8 Å². The number of benzene rings is 1. The molecule has 0 spiro atoms. The fourth-order valence-corrected chi connectivity index (χ4v) is 2.24. The van der Waals surface area contributed by atoms with Crippen molar-refractivity contribution in [2.45, 2.75) is 19.0 Å². The zero-order valence-corrected chi connectivity index (χ0v) is 11.0. The minimum Gasteiger partial charge on any atom is -0.492 e. The van der Waals surface area contributed by atoms with Crippen molar-refractivity contribution >= 4 is 11.6 Å². The number of rotatable bonds is 3. The first kappa shape index (κ1) is 14.5. The number of alkyl halides is 3. The van der Waals surface area contributed by atoms with E-state index in [4.69, 9.17) is 16.3 Å². The van der Waals surface area contributed by atoms with Gasteiger partial charge >= 0.3 is 6.18 Å². The molecule has 6 heteroatoms. The largest absolute Gasteiger partial charge is 0.492 e. The monoisotopic (exact) mass is 293 g/mol. The lowest BCUT2D eigenvalue weighted by Crippen LogP contribution is -2.33. The van der Waals surface area contributed by atoms with Crippen molar-refractivity contribution in [3.63, 3.8) is 0 Å². The molecule has 0 aromatic heterocycles. The summed E-state index contributed by atoms with van der Waals surface area (Å²) in [6.45, 7) is 2.20. The van der Waals surface area contributed by atoms with Gasteiger partial charge in [-0.05, 0) is 37.6 Å². The molecule has 1 aliphatic rings. The average molecular weight is 294 g/mol. The van der Waals surface area contributed by atoms with Gasteiger partial charge in [-0.15, -0.1) is 0 Å². The molecule has 106 valence electrons. The van der Waals surface area contributed by atoms with Gasteiger partial charge in [0.25, 0.3) is 0 Å². The third kappa shape index (κ3) is 4.01. The Bertz CT molecular complexity index is 430. The molecular weight excluding hydrogens is 279 g/mol. The average Bonchev–Trinajstić information content (AvgIpc) is 2.37. The van der Waals surface area contributed by atoms with Crippen molar-refractivity contribution in [1.82, 2.24) is 5.32 Å². The second kappa shape index (κ2) is 6.01. The van der Waals surface area contributed by atoms with Gasteiger partial charge in [0.2, 0.25) is 0 Å². The molecule has 1 aromatic carbocycles. The van der Waals surface area contributed by atoms with Crippen molar-refractivity contribution in [1.29, 1.82) is 0 Å². The lowest BCUT2D eigenvalue weighted by molar-refractivity contribution is -0.137. The van der Waals surface area contributed by atoms with Crippen LogP contribution in [-0.2, 0) is 6.18 Å². The first-order valence-corrected chi connectivity index (χ1v) is 6.55. The van der Waals surface area contributed by atoms with Crippen molar-refractivity contribution in [2.24, 2.45) is 5.92 Å². The molecule has 1 aromatic rings. The highest BCUT2D eigenvalue weighted by atomic mass is 35.5. The molecule has 0 bridgehead atoms. The van der Waals surface area contributed by atoms with Crippen LogP contribution in [0.2, 0.25) is 5.02 Å². The summed E-state index contributed by atoms with van der Waals surface area (Å²) in [5.41, 5.74) is -0.742. The van der Waals surface area contributed by atoms with Crippen LogP contribution in [0.4, 0.5) is 13.2 Å². The summed E-state index contributed by atoms with van der Waals surface area (Å²) in [5, 5.41) is 3.43. The van der Waals surface area contributed by atoms with Crippen LogP contribution in [0.3, 0.4) is 0 Å². The Kier molecular flexibility index (Phi) is 4.58. The molecule has 2 nitrogen and oxygen atoms in total. The van der Waals surface area contributed by atoms with E-state index in [1.165, 1.54) is 6.07 Å². The first-order chi connectivity index (χ1) is 8.97. The lowest BCUT2D eigenvalue weighted by Gasteiger charge is -2.23. The molecule has 1 heterocycles. The van der Waals surface area contributed by atoms with E-state index in [0.29, 0.717) is 12.5 Å². The quantitative estimate of drug-likeness (QED) is 0.917. The molecule has 1 fully saturated rings. The van der Waals surface area contributed by atoms with E-state index in [0.717, 1.165) is 38.1 Å². The van der Waals surface area contributed by atoms with Crippen LogP contribution in [0, 0.1) is 5.92 Å². The summed E-state index contributed by atoms with van der Waals surface area (Å²) in [7, 11) is 0. The van der Waals surface area contributed by atoms with Gasteiger partial charge in [-0.25, -0.2) is 0 Å². The third-order valence-electron chi connectivity index (χ3n) is 3.13. The molecule has 2 rings (SSSR count). The van der Waals surface area contributed by atoms with Crippen LogP contribution in [0.5, 0.6) is 5.75 Å². The first-order valence-electron chi connectivity index (χ1n) is 6.17. The van der Waals surface area contributed by atoms with E-state index in [1.807, 2.05) is 0 Å². The Morgan fingerprint density at radius 3 is 2.79 bits per heavy atom. The van der Waals surface area contributed by atoms with Gasteiger partial charge in [-0.2, -0.15) is 13.2 Å². The summed E-state index contributed by atoms with van der Waals surface area (Å²) in [4.78, 5) is 0. The fourth-order valence-electron chi connectivity index (χ4n) is 2.06. The number of hydrogen-bond donors (Lipinski definition) is 1. The molecule has 1 N–H and O–H groups in total. The van der Waals surface area contributed by atoms with Gasteiger partial charge < -0.3 is 10.1 Å². The predicted octanol–water partition coefficient (Wildman–Crippen LogP) is 3.74. The Labute approximate surface area is 114 Å². The highest BCUT2D eigenvalue weighted by molar-refractivity contribution is 6.32. The summed E-state index contributed by atoms with van der Waals surface area (Å²) >= 11 is 5.86. The lowest BCUT2D eigenvalue weighted by atomic mass is 10.0. The van der Waals surface area contributed by atoms with E-state index in [9.17, 15) is 13.2 Å². The molecule has 0 amide bonds. The Morgan fingerprint density at radius 1 is 1.37 bits per heavy atom. The van der Waals surface area contributed by atoms with Crippen LogP contribution < -0.4 is 10.1 Å². The van der Waals surface area contributed by atoms with Gasteiger partial charge in [0.1, 0.15) is 5.75 Å². The van der Waals surface area contributed by atoms with E-state index < -0.39 is 11.7 Å². The van der Waals surface area contributed by atoms with Crippen molar-refractivity contribution < 1.29 is 17.9 Å². The number of ether oxygens (including phenoxy) is 1. The molecule has 1 atom stereocenters. The predicted molar refractivity (Wildman–Crippen MR) is 67.5 cm³/mol. The zero-order chi connectivity index (χ0) is 13.9. The normalized spacial score (nSPS) is 20.3. The Hall–Kier alpha value is -0.940. The van der Waals surface area contributed by atoms with Gasteiger partial charge in [-0.1, -0.05) is 11.6 Å². The van der Waals surface area contributed by atoms with Crippen LogP contribution in [0.25, 0.3) is 0 Å². The van der Waals surface area contributed by atoms with Gasteiger partial charge in [0.15, 0.2) is 0 Å². The van der Waals surface area contributed by atoms with E-state index >= 15 is 0 Å². The highest BCUT2D eigenvalue weighted by Gasteiger charge is 2.31. The second-order valence-corrected chi connectivity index (χ2v) is 5.07. The Balaban J connectivity index is 2.02. The zero-order valence-electron chi connectivity index (χ0n) is 10.3. The van der Waals surface area contributed by atoms with Crippen LogP contribution >= 0.6 is 11.6 Å². The van der Waals surface area contributed by atoms with Crippen molar-refractivity contribution in [2.75, 3.05) is 19.7 Å². The molecule has 0 aliphatic carbocycles. The summed E-state index contributed by atoms with van der Waals surface area (Å²) in [6, 6.07) is 3.13. The van der Waals surface area contributed by atoms with E-state index in [2.05, 4.69) is 5.32 Å². The molecule has 1 saturated heterocycles. The summed E-state index contributed by atoms with van der Waals surface area (Å²) in [5.74, 6) is 0.418. The standard InChI is InChI=1S/C13H15ClF3NO/c14-11-4-3-10(13(15,16)17)6-12(11)19-8-9-2-1-5-18-7-9/h3-4,6,9,18H,1-2,5,7-8H2. The highest BCUT2D eigenvalue weighted by Crippen LogP contribution is 2.35. The molecular formula is C13H15ClF3NO. The number of nitrogens with one attached hydrogen (secondary N) is 1. The summed E-state index contributed by atoms with van der Waals surface area (Å²) in [6.07, 6.45) is -2.30. The Morgan fingerprint density at radius 2 is 2.16 bits per heavy atom. The maximum Gasteiger partial charge on any atom is 0.416 e. The van der Waals surface area contributed by atoms with Crippen LogP contribution in [0.15, 0.2) is 18.2 Å². The molecule has 1 unspecified atom stereocenters. The second-order valence-electron chi connectivity index (χ2n) is 4.67. The topological polar surface area (TPSA) is 21.3 Å². The van der Waals surface area contributed by atoms with Crippen molar-refractivity contribution in [3.8, 4) is 5.75 Å². The molecule has 1 aliphatic heterocycles. The number of hydrogen-bond acceptors (Lipinski definition) is 2. The van der Waals surface area contributed by atoms with Crippen LogP contribution in [-0.4, -0.2) is 19.7 Å². The molecule has 19 heavy (non-hydrogen) atoms. The molecule has 0 radical (unpaired) electrons. The number of halogens is 4. The van der Waals surface area contributed by atoms with E-state index in [-0.39, 0.29) is 10.8 Å². The maximum atomic E-state index is 12.6. The van der Waals surface area contributed by atoms with Gasteiger partial charge in [0.05, 0.1) is 17.2 Å². The minimum absolute atomic E-state index is 0.0991. The third-order valence-corrected chi connectivity index (χ3v) is 3.44. The SMILES string of the molecule is FC(F)(F)c1ccc(Cl)c(OCC2CCCNC2)c1. The summed E-state index contributed by atoms with van der Waals surface area (Å²) < 4.78 is 43.2.